The molecule has 0 aromatic heterocycles. The van der Waals surface area contributed by atoms with Crippen molar-refractivity contribution in [2.45, 2.75) is 6.54 Å². The van der Waals surface area contributed by atoms with E-state index >= 15 is 0 Å². The Morgan fingerprint density at radius 2 is 1.80 bits per heavy atom. The zero-order chi connectivity index (χ0) is 14.9. The summed E-state index contributed by atoms with van der Waals surface area (Å²) in [5.74, 6) is -1.19. The van der Waals surface area contributed by atoms with Crippen molar-refractivity contribution < 1.29 is 17.2 Å². The number of nitrogens with zero attached hydrogens (tertiary/aromatic N) is 2. The fourth-order valence-electron chi connectivity index (χ4n) is 2.16. The molecule has 0 spiro atoms. The summed E-state index contributed by atoms with van der Waals surface area (Å²) in [6.07, 6.45) is 1.16. The van der Waals surface area contributed by atoms with Crippen molar-refractivity contribution in [3.8, 4) is 0 Å². The lowest BCUT2D eigenvalue weighted by molar-refractivity contribution is 0.178. The van der Waals surface area contributed by atoms with Gasteiger partial charge in [0.15, 0.2) is 0 Å². The van der Waals surface area contributed by atoms with Gasteiger partial charge in [0.05, 0.1) is 10.7 Å². The molecule has 0 unspecified atom stereocenters. The minimum Gasteiger partial charge on any atom is -0.296 e. The third-order valence-electron chi connectivity index (χ3n) is 3.32. The smallest absolute Gasteiger partial charge is 0.211 e. The molecule has 2 rings (SSSR count). The molecule has 1 fully saturated rings. The first-order chi connectivity index (χ1) is 9.29. The Morgan fingerprint density at radius 1 is 1.20 bits per heavy atom. The highest BCUT2D eigenvalue weighted by Gasteiger charge is 2.24. The molecule has 0 bridgehead atoms. The quantitative estimate of drug-likeness (QED) is 0.764. The summed E-state index contributed by atoms with van der Waals surface area (Å²) < 4.78 is 51.9. The molecule has 0 amide bonds. The minimum absolute atomic E-state index is 0.00665. The predicted molar refractivity (Wildman–Crippen MR) is 75.8 cm³/mol. The summed E-state index contributed by atoms with van der Waals surface area (Å²) in [5.41, 5.74) is 0.00665. The van der Waals surface area contributed by atoms with Gasteiger partial charge < -0.3 is 0 Å². The van der Waals surface area contributed by atoms with Gasteiger partial charge in [0.1, 0.15) is 11.6 Å². The molecule has 1 aliphatic rings. The molecule has 1 saturated heterocycles. The molecule has 0 atom stereocenters. The van der Waals surface area contributed by atoms with E-state index in [0.717, 1.165) is 6.26 Å². The summed E-state index contributed by atoms with van der Waals surface area (Å²) in [6, 6.07) is 2.55. The third kappa shape index (κ3) is 3.55. The number of piperazine rings is 1. The molecule has 1 aromatic carbocycles. The summed E-state index contributed by atoms with van der Waals surface area (Å²) >= 11 is 3.03. The molecular formula is C12H15BrF2N2O2S. The predicted octanol–water partition coefficient (Wildman–Crippen LogP) is 1.80. The van der Waals surface area contributed by atoms with Crippen LogP contribution in [0, 0.1) is 11.6 Å². The van der Waals surface area contributed by atoms with Crippen LogP contribution < -0.4 is 0 Å². The molecule has 0 aliphatic carbocycles. The summed E-state index contributed by atoms with van der Waals surface area (Å²) in [7, 11) is -3.19. The molecular weight excluding hydrogens is 354 g/mol. The van der Waals surface area contributed by atoms with Crippen LogP contribution >= 0.6 is 15.9 Å². The van der Waals surface area contributed by atoms with Gasteiger partial charge in [0.25, 0.3) is 0 Å². The number of rotatable bonds is 3. The van der Waals surface area contributed by atoms with Crippen LogP contribution in [0.25, 0.3) is 0 Å². The fourth-order valence-corrected chi connectivity index (χ4v) is 3.35. The van der Waals surface area contributed by atoms with Crippen LogP contribution in [0.1, 0.15) is 5.56 Å². The lowest BCUT2D eigenvalue weighted by Gasteiger charge is -2.33. The molecule has 8 heteroatoms. The monoisotopic (exact) mass is 368 g/mol. The summed E-state index contributed by atoms with van der Waals surface area (Å²) in [6.45, 7) is 1.73. The first-order valence-electron chi connectivity index (χ1n) is 6.09. The third-order valence-corrected chi connectivity index (χ3v) is 5.24. The van der Waals surface area contributed by atoms with E-state index in [9.17, 15) is 17.2 Å². The second-order valence-electron chi connectivity index (χ2n) is 4.76. The van der Waals surface area contributed by atoms with Gasteiger partial charge in [-0.2, -0.15) is 4.31 Å². The highest BCUT2D eigenvalue weighted by Crippen LogP contribution is 2.23. The molecule has 4 nitrogen and oxygen atoms in total. The summed E-state index contributed by atoms with van der Waals surface area (Å²) in [4.78, 5) is 1.84. The Hall–Kier alpha value is -0.570. The molecule has 0 saturated carbocycles. The van der Waals surface area contributed by atoms with Crippen LogP contribution in [-0.2, 0) is 16.6 Å². The fraction of sp³-hybridized carbons (Fsp3) is 0.500. The maximum absolute atomic E-state index is 13.9. The topological polar surface area (TPSA) is 40.6 Å². The second kappa shape index (κ2) is 6.05. The molecule has 112 valence electrons. The first kappa shape index (κ1) is 15.8. The maximum Gasteiger partial charge on any atom is 0.211 e. The van der Waals surface area contributed by atoms with Gasteiger partial charge in [0.2, 0.25) is 10.0 Å². The van der Waals surface area contributed by atoms with Crippen molar-refractivity contribution in [3.63, 3.8) is 0 Å². The van der Waals surface area contributed by atoms with Crippen molar-refractivity contribution in [1.29, 1.82) is 0 Å². The number of benzene rings is 1. The van der Waals surface area contributed by atoms with E-state index in [-0.39, 0.29) is 16.6 Å². The molecule has 1 aliphatic heterocycles. The van der Waals surface area contributed by atoms with Crippen LogP contribution in [0.3, 0.4) is 0 Å². The first-order valence-corrected chi connectivity index (χ1v) is 8.73. The lowest BCUT2D eigenvalue weighted by Crippen LogP contribution is -2.48. The Balaban J connectivity index is 2.05. The van der Waals surface area contributed by atoms with Gasteiger partial charge in [-0.25, -0.2) is 17.2 Å². The zero-order valence-electron chi connectivity index (χ0n) is 10.9. The van der Waals surface area contributed by atoms with Crippen LogP contribution in [0.15, 0.2) is 16.6 Å². The average molecular weight is 369 g/mol. The van der Waals surface area contributed by atoms with E-state index in [2.05, 4.69) is 15.9 Å². The molecule has 0 N–H and O–H groups in total. The van der Waals surface area contributed by atoms with Gasteiger partial charge in [0, 0.05) is 38.3 Å². The highest BCUT2D eigenvalue weighted by molar-refractivity contribution is 9.10. The van der Waals surface area contributed by atoms with Crippen molar-refractivity contribution in [2.75, 3.05) is 32.4 Å². The van der Waals surface area contributed by atoms with Gasteiger partial charge in [-0.05, 0) is 28.1 Å². The molecule has 0 radical (unpaired) electrons. The second-order valence-corrected chi connectivity index (χ2v) is 7.60. The number of hydrogen-bond donors (Lipinski definition) is 0. The van der Waals surface area contributed by atoms with E-state index in [1.807, 2.05) is 4.90 Å². The lowest BCUT2D eigenvalue weighted by atomic mass is 10.1. The van der Waals surface area contributed by atoms with E-state index in [0.29, 0.717) is 26.2 Å². The van der Waals surface area contributed by atoms with Crippen molar-refractivity contribution >= 4 is 26.0 Å². The minimum atomic E-state index is -3.19. The molecule has 1 heterocycles. The maximum atomic E-state index is 13.9. The van der Waals surface area contributed by atoms with Crippen LogP contribution in [-0.4, -0.2) is 50.1 Å². The van der Waals surface area contributed by atoms with E-state index < -0.39 is 21.7 Å². The summed E-state index contributed by atoms with van der Waals surface area (Å²) in [5, 5.41) is 0. The average Bonchev–Trinajstić information content (AvgIpc) is 2.39. The largest absolute Gasteiger partial charge is 0.296 e. The Morgan fingerprint density at radius 3 is 2.35 bits per heavy atom. The molecule has 1 aromatic rings. The van der Waals surface area contributed by atoms with E-state index in [1.54, 1.807) is 0 Å². The van der Waals surface area contributed by atoms with Gasteiger partial charge in [-0.15, -0.1) is 0 Å². The van der Waals surface area contributed by atoms with Gasteiger partial charge >= 0.3 is 0 Å². The van der Waals surface area contributed by atoms with E-state index in [1.165, 1.54) is 16.4 Å². The van der Waals surface area contributed by atoms with Crippen LogP contribution in [0.4, 0.5) is 8.78 Å². The number of sulfonamides is 1. The standard InChI is InChI=1S/C12H15BrF2N2O2S/c1-20(18,19)17-6-4-16(5-7-17)8-9-11(14)3-2-10(13)12(9)15/h2-3H,4-8H2,1H3. The van der Waals surface area contributed by atoms with Crippen molar-refractivity contribution in [2.24, 2.45) is 0 Å². The molecule has 20 heavy (non-hydrogen) atoms. The highest BCUT2D eigenvalue weighted by atomic mass is 79.9. The van der Waals surface area contributed by atoms with Crippen LogP contribution in [0.5, 0.6) is 0 Å². The Kier molecular flexibility index (Phi) is 4.78. The van der Waals surface area contributed by atoms with Crippen molar-refractivity contribution in [1.82, 2.24) is 9.21 Å². The van der Waals surface area contributed by atoms with Crippen molar-refractivity contribution in [3.05, 3.63) is 33.8 Å². The van der Waals surface area contributed by atoms with Crippen LogP contribution in [0.2, 0.25) is 0 Å². The Bertz CT molecular complexity index is 602. The Labute approximate surface area is 125 Å². The van der Waals surface area contributed by atoms with Gasteiger partial charge in [-0.3, -0.25) is 4.90 Å². The van der Waals surface area contributed by atoms with E-state index in [4.69, 9.17) is 0 Å². The number of halogens is 3. The normalized spacial score (nSPS) is 18.4. The zero-order valence-corrected chi connectivity index (χ0v) is 13.3. The number of hydrogen-bond acceptors (Lipinski definition) is 3. The SMILES string of the molecule is CS(=O)(=O)N1CCN(Cc2c(F)ccc(Br)c2F)CC1. The van der Waals surface area contributed by atoms with Gasteiger partial charge in [-0.1, -0.05) is 0 Å².